The molecular formula is C116H121Cl3N12O8. The van der Waals surface area contributed by atoms with Crippen molar-refractivity contribution in [1.82, 2.24) is 59.1 Å². The summed E-state index contributed by atoms with van der Waals surface area (Å²) >= 11 is 18.2. The average molecular weight is 1920 g/mol. The monoisotopic (exact) mass is 1910 g/mol. The molecule has 0 saturated carbocycles. The number of piperidine rings is 4. The Morgan fingerprint density at radius 3 is 1.27 bits per heavy atom. The molecule has 14 aromatic rings. The highest BCUT2D eigenvalue weighted by molar-refractivity contribution is 6.31. The Morgan fingerprint density at radius 1 is 0.388 bits per heavy atom. The number of carbonyl (C=O) groups is 8. The van der Waals surface area contributed by atoms with Gasteiger partial charge in [-0.1, -0.05) is 256 Å². The molecule has 2 unspecified atom stereocenters. The molecule has 20 nitrogen and oxygen atoms in total. The lowest BCUT2D eigenvalue weighted by Crippen LogP contribution is -2.45. The lowest BCUT2D eigenvalue weighted by atomic mass is 9.94. The maximum absolute atomic E-state index is 13.7. The van der Waals surface area contributed by atoms with E-state index in [0.717, 1.165) is 109 Å². The van der Waals surface area contributed by atoms with Gasteiger partial charge in [0, 0.05) is 195 Å². The maximum atomic E-state index is 13.7. The van der Waals surface area contributed by atoms with Crippen molar-refractivity contribution in [2.75, 3.05) is 72.5 Å². The number of fused-ring (bicyclic) bond motifs is 4. The highest BCUT2D eigenvalue weighted by atomic mass is 35.5. The van der Waals surface area contributed by atoms with Gasteiger partial charge in [0.2, 0.25) is 29.5 Å². The zero-order chi connectivity index (χ0) is 96.8. The van der Waals surface area contributed by atoms with Crippen LogP contribution < -0.4 is 16.0 Å². The van der Waals surface area contributed by atoms with E-state index in [0.29, 0.717) is 168 Å². The molecule has 8 heterocycles. The van der Waals surface area contributed by atoms with Gasteiger partial charge in [0.25, 0.3) is 17.7 Å². The zero-order valence-corrected chi connectivity index (χ0v) is 81.7. The maximum Gasteiger partial charge on any atom is 0.270 e. The number of amides is 8. The van der Waals surface area contributed by atoms with E-state index in [-0.39, 0.29) is 76.8 Å². The topological polar surface area (TPSA) is 217 Å². The third-order valence-corrected chi connectivity index (χ3v) is 28.3. The van der Waals surface area contributed by atoms with E-state index in [1.807, 2.05) is 280 Å². The highest BCUT2D eigenvalue weighted by Crippen LogP contribution is 2.34. The van der Waals surface area contributed by atoms with Crippen LogP contribution in [0, 0.1) is 23.7 Å². The number of carbonyl (C=O) groups excluding carboxylic acids is 8. The van der Waals surface area contributed by atoms with E-state index in [1.165, 1.54) is 16.7 Å². The molecule has 1 aliphatic carbocycles. The van der Waals surface area contributed by atoms with Gasteiger partial charge in [-0.05, 0) is 216 Å². The van der Waals surface area contributed by atoms with Crippen LogP contribution in [0.5, 0.6) is 0 Å². The van der Waals surface area contributed by atoms with Crippen molar-refractivity contribution < 1.29 is 38.4 Å². The average Bonchev–Trinajstić information content (AvgIpc) is 1.63. The molecule has 0 bridgehead atoms. The first-order valence-corrected chi connectivity index (χ1v) is 49.8. The van der Waals surface area contributed by atoms with Crippen molar-refractivity contribution in [3.63, 3.8) is 0 Å². The standard InChI is InChI=1S/C33H36ClN3O2.C30H31ClN4O2.C29H28ClN3O2.C24H26N2O2/c1-23(2)26-11-7-24(8-12-26)15-18-35-32(38)27-16-19-36(20-17-27)33(39)31-21-28-5-3-4-6-30(28)37(31)22-25-9-13-29(34)14-10-25;1-21(23-10-14-32-15-11-23)19-33-29(36)24-12-16-34(17-13-24)30(37)28-18-25-4-2-3-5-27(25)35(28)20-22-6-8-26(31)9-7-22;30-25-14-12-22(13-15-25)19-33-26-11-5-4-9-23(26)17-27(33)29(35)32-16-6-10-24(20-32)28(34)31-18-21-7-2-1-3-8-21;1-25(17-18-7-3-2-4-8-18)23(27)19-11-13-26(14-12-19)24(28)22-15-20-9-5-6-10-21(20)16-22/h3-14,21,23,27H,15-20,22H2,1-2H3,(H,35,38);2-11,14-15,18,21,24H,12-13,16-17,19-20H2,1H3,(H,33,36);1-5,7-9,11-15,17,24H,6,10,16,18-20H2,(H,31,34);2-10,15,19H,11-14,16-17H2,1H3. The van der Waals surface area contributed by atoms with Crippen LogP contribution in [-0.4, -0.2) is 163 Å². The fourth-order valence-electron chi connectivity index (χ4n) is 19.4. The fourth-order valence-corrected chi connectivity index (χ4v) is 19.8. The Morgan fingerprint density at radius 2 is 0.799 bits per heavy atom. The summed E-state index contributed by atoms with van der Waals surface area (Å²) in [5.74, 6) is 0.886. The number of hydrogen-bond acceptors (Lipinski definition) is 9. The van der Waals surface area contributed by atoms with E-state index in [9.17, 15) is 38.4 Å². The van der Waals surface area contributed by atoms with Crippen LogP contribution in [0.3, 0.4) is 0 Å². The number of nitrogens with one attached hydrogen (secondary N) is 3. The number of hydrogen-bond donors (Lipinski definition) is 3. The molecule has 5 aliphatic rings. The van der Waals surface area contributed by atoms with Crippen LogP contribution in [0.4, 0.5) is 0 Å². The predicted molar refractivity (Wildman–Crippen MR) is 555 cm³/mol. The summed E-state index contributed by atoms with van der Waals surface area (Å²) in [6, 6.07) is 94.0. The summed E-state index contributed by atoms with van der Waals surface area (Å²) in [6.07, 6.45) is 12.9. The quantitative estimate of drug-likeness (QED) is 0.0495. The van der Waals surface area contributed by atoms with Gasteiger partial charge in [-0.25, -0.2) is 0 Å². The lowest BCUT2D eigenvalue weighted by Gasteiger charge is -2.33. The molecule has 2 atom stereocenters. The van der Waals surface area contributed by atoms with Crippen molar-refractivity contribution in [3.8, 4) is 0 Å². The molecule has 4 aliphatic heterocycles. The third-order valence-electron chi connectivity index (χ3n) is 27.6. The minimum absolute atomic E-state index is 0.00696. The Hall–Kier alpha value is -13.7. The normalized spacial score (nSPS) is 15.3. The zero-order valence-electron chi connectivity index (χ0n) is 79.4. The molecule has 23 heteroatoms. The van der Waals surface area contributed by atoms with Gasteiger partial charge in [0.1, 0.15) is 17.1 Å². The van der Waals surface area contributed by atoms with Gasteiger partial charge in [-0.3, -0.25) is 43.3 Å². The van der Waals surface area contributed by atoms with Crippen molar-refractivity contribution in [1.29, 1.82) is 0 Å². The second-order valence-electron chi connectivity index (χ2n) is 37.5. The molecule has 3 N–H and O–H groups in total. The molecule has 10 aromatic carbocycles. The van der Waals surface area contributed by atoms with Crippen LogP contribution in [-0.2, 0) is 69.5 Å². The van der Waals surface area contributed by atoms with Gasteiger partial charge >= 0.3 is 0 Å². The molecule has 0 radical (unpaired) electrons. The summed E-state index contributed by atoms with van der Waals surface area (Å²) in [5.41, 5.74) is 17.5. The van der Waals surface area contributed by atoms with Gasteiger partial charge in [0.15, 0.2) is 0 Å². The first-order valence-electron chi connectivity index (χ1n) is 48.7. The number of likely N-dealkylation sites (tertiary alicyclic amines) is 4. The van der Waals surface area contributed by atoms with E-state index in [4.69, 9.17) is 34.8 Å². The SMILES string of the molecule is CC(C)c1ccc(CCNC(=O)C2CCN(C(=O)c3cc4ccccc4n3Cc3ccc(Cl)cc3)CC2)cc1.CC(CNC(=O)C1CCN(C(=O)c2cc3ccccc3n2Cc2ccc(Cl)cc2)CC1)c1ccncc1.CN(Cc1ccccc1)C(=O)C1CCN(C(=O)C2=Cc3ccccc3C2)CC1.O=C(NCc1ccccc1)C1CCCN(C(=O)c2cc3ccccc3n2Cc2ccc(Cl)cc2)C1. The van der Waals surface area contributed by atoms with Crippen LogP contribution in [0.2, 0.25) is 15.1 Å². The van der Waals surface area contributed by atoms with Gasteiger partial charge in [-0.2, -0.15) is 0 Å². The molecule has 4 aromatic heterocycles. The molecule has 714 valence electrons. The van der Waals surface area contributed by atoms with Crippen molar-refractivity contribution in [2.24, 2.45) is 23.7 Å². The van der Waals surface area contributed by atoms with Crippen LogP contribution in [0.1, 0.15) is 171 Å². The Labute approximate surface area is 829 Å². The number of para-hydroxylation sites is 3. The minimum Gasteiger partial charge on any atom is -0.356 e. The van der Waals surface area contributed by atoms with E-state index >= 15 is 0 Å². The van der Waals surface area contributed by atoms with E-state index in [2.05, 4.69) is 97.9 Å². The first-order chi connectivity index (χ1) is 67.6. The van der Waals surface area contributed by atoms with Gasteiger partial charge < -0.3 is 54.2 Å². The summed E-state index contributed by atoms with van der Waals surface area (Å²) in [6.45, 7) is 15.3. The first kappa shape index (κ1) is 98.4. The van der Waals surface area contributed by atoms with Crippen molar-refractivity contribution in [3.05, 3.63) is 391 Å². The molecule has 0 spiro atoms. The molecule has 4 fully saturated rings. The van der Waals surface area contributed by atoms with Crippen LogP contribution in [0.15, 0.2) is 303 Å². The predicted octanol–water partition coefficient (Wildman–Crippen LogP) is 21.2. The second kappa shape index (κ2) is 47.1. The summed E-state index contributed by atoms with van der Waals surface area (Å²) < 4.78 is 6.24. The van der Waals surface area contributed by atoms with Crippen LogP contribution >= 0.6 is 34.8 Å². The lowest BCUT2D eigenvalue weighted by molar-refractivity contribution is -0.139. The Kier molecular flexibility index (Phi) is 33.4. The number of nitrogens with zero attached hydrogens (tertiary/aromatic N) is 9. The van der Waals surface area contributed by atoms with E-state index < -0.39 is 0 Å². The summed E-state index contributed by atoms with van der Waals surface area (Å²) in [7, 11) is 1.87. The largest absolute Gasteiger partial charge is 0.356 e. The van der Waals surface area contributed by atoms with Crippen molar-refractivity contribution in [2.45, 2.75) is 130 Å². The number of pyridine rings is 1. The smallest absolute Gasteiger partial charge is 0.270 e. The van der Waals surface area contributed by atoms with Gasteiger partial charge in [0.05, 0.1) is 5.92 Å². The van der Waals surface area contributed by atoms with Crippen LogP contribution in [0.25, 0.3) is 38.8 Å². The minimum atomic E-state index is -0.203. The number of benzene rings is 10. The molecule has 4 saturated heterocycles. The molecule has 19 rings (SSSR count). The third kappa shape index (κ3) is 25.5. The van der Waals surface area contributed by atoms with Crippen molar-refractivity contribution >= 4 is 121 Å². The number of halogens is 3. The molecule has 8 amide bonds. The molecular weight excluding hydrogens is 1800 g/mol. The second-order valence-corrected chi connectivity index (χ2v) is 38.8. The van der Waals surface area contributed by atoms with Gasteiger partial charge in [-0.15, -0.1) is 0 Å². The fraction of sp³-hybridized carbons (Fsp3) is 0.302. The number of aromatic nitrogens is 4. The summed E-state index contributed by atoms with van der Waals surface area (Å²) in [4.78, 5) is 119. The Bertz CT molecular complexity index is 6620. The number of rotatable bonds is 25. The summed E-state index contributed by atoms with van der Waals surface area (Å²) in [5, 5.41) is 14.5. The highest BCUT2D eigenvalue weighted by Gasteiger charge is 2.36. The molecule has 139 heavy (non-hydrogen) atoms. The Balaban J connectivity index is 0.000000135. The van der Waals surface area contributed by atoms with E-state index in [1.54, 1.807) is 12.4 Å².